The van der Waals surface area contributed by atoms with Gasteiger partial charge in [-0.05, 0) is 24.3 Å². The Kier molecular flexibility index (Phi) is 6.49. The molecule has 1 aromatic heterocycles. The summed E-state index contributed by atoms with van der Waals surface area (Å²) >= 11 is 5.58. The maximum absolute atomic E-state index is 13.1. The molecule has 1 heterocycles. The summed E-state index contributed by atoms with van der Waals surface area (Å²) in [4.78, 5) is 35.0. The van der Waals surface area contributed by atoms with Crippen molar-refractivity contribution in [2.45, 2.75) is 12.3 Å². The number of carbonyl (C=O) groups is 2. The van der Waals surface area contributed by atoms with Crippen molar-refractivity contribution in [2.24, 2.45) is 0 Å². The molecule has 0 unspecified atom stereocenters. The number of esters is 1. The van der Waals surface area contributed by atoms with Gasteiger partial charge in [-0.2, -0.15) is 13.2 Å². The number of anilines is 1. The number of nitrogens with zero attached hydrogens (tertiary/aromatic N) is 1. The van der Waals surface area contributed by atoms with E-state index in [1.807, 2.05) is 0 Å². The van der Waals surface area contributed by atoms with E-state index in [1.54, 1.807) is 18.2 Å². The Balaban J connectivity index is 1.87. The van der Waals surface area contributed by atoms with Crippen molar-refractivity contribution < 1.29 is 36.8 Å². The van der Waals surface area contributed by atoms with Crippen LogP contribution < -0.4 is 5.32 Å². The molecule has 1 N–H and O–H groups in total. The largest absolute Gasteiger partial charge is 0.441 e. The van der Waals surface area contributed by atoms with E-state index in [1.165, 1.54) is 12.1 Å². The molecule has 0 aliphatic heterocycles. The van der Waals surface area contributed by atoms with Gasteiger partial charge in [0.05, 0.1) is 16.7 Å². The zero-order valence-electron chi connectivity index (χ0n) is 15.8. The highest BCUT2D eigenvalue weighted by Gasteiger charge is 2.34. The van der Waals surface area contributed by atoms with Crippen LogP contribution in [0.4, 0.5) is 24.7 Å². The fourth-order valence-electron chi connectivity index (χ4n) is 2.63. The molecule has 0 saturated carbocycles. The minimum absolute atomic E-state index is 0.199. The van der Waals surface area contributed by atoms with Crippen molar-refractivity contribution in [1.29, 1.82) is 0 Å². The van der Waals surface area contributed by atoms with Crippen LogP contribution in [0.5, 0.6) is 0 Å². The van der Waals surface area contributed by atoms with Crippen LogP contribution in [0, 0.1) is 10.1 Å². The summed E-state index contributed by atoms with van der Waals surface area (Å²) in [7, 11) is 0. The summed E-state index contributed by atoms with van der Waals surface area (Å²) in [6.07, 6.45) is -6.35. The van der Waals surface area contributed by atoms with Gasteiger partial charge in [0, 0.05) is 11.3 Å². The molecule has 0 saturated heterocycles. The molecular weight excluding hydrogens is 457 g/mol. The molecule has 3 aromatic rings. The van der Waals surface area contributed by atoms with Crippen molar-refractivity contribution in [2.75, 3.05) is 5.32 Å². The molecule has 0 aliphatic rings. The van der Waals surface area contributed by atoms with Crippen LogP contribution in [0.15, 0.2) is 65.1 Å². The molecule has 0 spiro atoms. The van der Waals surface area contributed by atoms with Gasteiger partial charge in [0.25, 0.3) is 5.91 Å². The van der Waals surface area contributed by atoms with E-state index < -0.39 is 51.3 Å². The Labute approximate surface area is 182 Å². The van der Waals surface area contributed by atoms with Gasteiger partial charge in [0.15, 0.2) is 0 Å². The summed E-state index contributed by atoms with van der Waals surface area (Å²) in [5.74, 6) is -3.40. The number of amides is 1. The second-order valence-electron chi connectivity index (χ2n) is 6.27. The van der Waals surface area contributed by atoms with Gasteiger partial charge in [-0.15, -0.1) is 0 Å². The molecule has 0 radical (unpaired) electrons. The molecular formula is C20H12ClF3N2O6. The number of carbonyl (C=O) groups excluding carboxylic acids is 2. The topological polar surface area (TPSA) is 112 Å². The van der Waals surface area contributed by atoms with E-state index >= 15 is 0 Å². The Morgan fingerprint density at radius 1 is 1.09 bits per heavy atom. The van der Waals surface area contributed by atoms with Crippen LogP contribution in [0.2, 0.25) is 5.02 Å². The minimum atomic E-state index is -4.75. The molecule has 1 atom stereocenters. The molecule has 8 nitrogen and oxygen atoms in total. The lowest BCUT2D eigenvalue weighted by atomic mass is 10.1. The fraction of sp³-hybridized carbons (Fsp3) is 0.100. The molecule has 32 heavy (non-hydrogen) atoms. The average Bonchev–Trinajstić information content (AvgIpc) is 3.24. The van der Waals surface area contributed by atoms with Gasteiger partial charge in [-0.3, -0.25) is 14.9 Å². The molecule has 1 amide bonds. The van der Waals surface area contributed by atoms with Crippen molar-refractivity contribution in [3.05, 3.63) is 92.7 Å². The SMILES string of the molecule is O=C(O[C@H](C(=O)Nc1ccc(Cl)c(C(F)(F)F)c1)c1ccccc1)c1ccc([N+](=O)[O-])o1. The third-order valence-electron chi connectivity index (χ3n) is 4.08. The number of hydrogen-bond donors (Lipinski definition) is 1. The monoisotopic (exact) mass is 468 g/mol. The summed E-state index contributed by atoms with van der Waals surface area (Å²) in [5, 5.41) is 12.4. The highest BCUT2D eigenvalue weighted by atomic mass is 35.5. The second-order valence-corrected chi connectivity index (χ2v) is 6.68. The van der Waals surface area contributed by atoms with E-state index in [-0.39, 0.29) is 11.3 Å². The van der Waals surface area contributed by atoms with E-state index in [0.717, 1.165) is 24.3 Å². The standard InChI is InChI=1S/C20H12ClF3N2O6/c21-14-7-6-12(10-13(14)20(22,23)24)25-18(27)17(11-4-2-1-3-5-11)32-19(28)15-8-9-16(31-15)26(29)30/h1-10,17H,(H,25,27)/t17-/m0/s1. The maximum atomic E-state index is 13.1. The van der Waals surface area contributed by atoms with Crippen LogP contribution >= 0.6 is 11.6 Å². The lowest BCUT2D eigenvalue weighted by molar-refractivity contribution is -0.402. The Morgan fingerprint density at radius 3 is 2.38 bits per heavy atom. The number of ether oxygens (including phenoxy) is 1. The third-order valence-corrected chi connectivity index (χ3v) is 4.41. The molecule has 0 bridgehead atoms. The van der Waals surface area contributed by atoms with Crippen LogP contribution in [-0.2, 0) is 15.7 Å². The number of nitrogens with one attached hydrogen (secondary N) is 1. The number of halogens is 4. The summed E-state index contributed by atoms with van der Waals surface area (Å²) < 4.78 is 49.2. The predicted molar refractivity (Wildman–Crippen MR) is 105 cm³/mol. The number of alkyl halides is 3. The first-order valence-electron chi connectivity index (χ1n) is 8.74. The van der Waals surface area contributed by atoms with Crippen molar-refractivity contribution in [3.63, 3.8) is 0 Å². The van der Waals surface area contributed by atoms with Gasteiger partial charge in [0.1, 0.15) is 4.92 Å². The number of nitro groups is 1. The molecule has 166 valence electrons. The lowest BCUT2D eigenvalue weighted by Gasteiger charge is -2.18. The molecule has 12 heteroatoms. The number of benzene rings is 2. The highest BCUT2D eigenvalue weighted by Crippen LogP contribution is 2.36. The third kappa shape index (κ3) is 5.24. The average molecular weight is 469 g/mol. The Morgan fingerprint density at radius 2 is 1.78 bits per heavy atom. The first-order valence-corrected chi connectivity index (χ1v) is 9.12. The predicted octanol–water partition coefficient (Wildman–Crippen LogP) is 5.40. The quantitative estimate of drug-likeness (QED) is 0.294. The van der Waals surface area contributed by atoms with Crippen LogP contribution in [0.3, 0.4) is 0 Å². The summed E-state index contributed by atoms with van der Waals surface area (Å²) in [6.45, 7) is 0. The minimum Gasteiger partial charge on any atom is -0.441 e. The maximum Gasteiger partial charge on any atom is 0.433 e. The first-order chi connectivity index (χ1) is 15.1. The number of hydrogen-bond acceptors (Lipinski definition) is 6. The van der Waals surface area contributed by atoms with E-state index in [4.69, 9.17) is 20.8 Å². The zero-order chi connectivity index (χ0) is 23.5. The second kappa shape index (κ2) is 9.10. The van der Waals surface area contributed by atoms with Gasteiger partial charge in [0.2, 0.25) is 11.9 Å². The van der Waals surface area contributed by atoms with Gasteiger partial charge in [-0.1, -0.05) is 41.9 Å². The van der Waals surface area contributed by atoms with E-state index in [2.05, 4.69) is 5.32 Å². The normalized spacial score (nSPS) is 12.1. The van der Waals surface area contributed by atoms with E-state index in [9.17, 15) is 32.9 Å². The van der Waals surface area contributed by atoms with Gasteiger partial charge in [-0.25, -0.2) is 4.79 Å². The Bertz CT molecular complexity index is 1160. The molecule has 2 aromatic carbocycles. The molecule has 3 rings (SSSR count). The van der Waals surface area contributed by atoms with Gasteiger partial charge < -0.3 is 14.5 Å². The van der Waals surface area contributed by atoms with E-state index in [0.29, 0.717) is 6.07 Å². The fourth-order valence-corrected chi connectivity index (χ4v) is 2.85. The van der Waals surface area contributed by atoms with Crippen molar-refractivity contribution >= 4 is 35.0 Å². The zero-order valence-corrected chi connectivity index (χ0v) is 16.5. The van der Waals surface area contributed by atoms with Crippen molar-refractivity contribution in [1.82, 2.24) is 0 Å². The molecule has 0 aliphatic carbocycles. The summed E-state index contributed by atoms with van der Waals surface area (Å²) in [5.41, 5.74) is -1.20. The Hall–Kier alpha value is -3.86. The smallest absolute Gasteiger partial charge is 0.433 e. The highest BCUT2D eigenvalue weighted by molar-refractivity contribution is 6.31. The van der Waals surface area contributed by atoms with Crippen LogP contribution in [0.1, 0.15) is 27.8 Å². The number of rotatable bonds is 6. The van der Waals surface area contributed by atoms with Crippen LogP contribution in [0.25, 0.3) is 0 Å². The molecule has 0 fully saturated rings. The van der Waals surface area contributed by atoms with Crippen molar-refractivity contribution in [3.8, 4) is 0 Å². The first kappa shape index (κ1) is 22.8. The van der Waals surface area contributed by atoms with Crippen LogP contribution in [-0.4, -0.2) is 16.8 Å². The summed E-state index contributed by atoms with van der Waals surface area (Å²) in [6, 6.07) is 12.3. The lowest BCUT2D eigenvalue weighted by Crippen LogP contribution is -2.26. The number of furan rings is 1. The van der Waals surface area contributed by atoms with Gasteiger partial charge >= 0.3 is 18.0 Å².